The van der Waals surface area contributed by atoms with Crippen molar-refractivity contribution in [3.05, 3.63) is 83.2 Å². The molecule has 1 amide bonds. The van der Waals surface area contributed by atoms with Gasteiger partial charge in [0, 0.05) is 31.6 Å². The molecule has 0 unspecified atom stereocenters. The molecule has 0 N–H and O–H groups in total. The Morgan fingerprint density at radius 3 is 2.47 bits per heavy atom. The second kappa shape index (κ2) is 9.29. The highest BCUT2D eigenvalue weighted by molar-refractivity contribution is 5.78. The van der Waals surface area contributed by atoms with Crippen LogP contribution < -0.4 is 0 Å². The summed E-state index contributed by atoms with van der Waals surface area (Å²) >= 11 is 0. The highest BCUT2D eigenvalue weighted by Gasteiger charge is 2.30. The lowest BCUT2D eigenvalue weighted by molar-refractivity contribution is -0.131. The number of rotatable bonds is 8. The Morgan fingerprint density at radius 1 is 1.06 bits per heavy atom. The number of amides is 1. The van der Waals surface area contributed by atoms with Crippen molar-refractivity contribution < 1.29 is 4.79 Å². The molecule has 1 aromatic heterocycles. The molecule has 1 aliphatic heterocycles. The third-order valence-electron chi connectivity index (χ3n) is 6.73. The molecule has 5 nitrogen and oxygen atoms in total. The lowest BCUT2D eigenvalue weighted by atomic mass is 10.0. The van der Waals surface area contributed by atoms with Crippen LogP contribution in [0, 0.1) is 5.92 Å². The van der Waals surface area contributed by atoms with Crippen LogP contribution >= 0.6 is 0 Å². The lowest BCUT2D eigenvalue weighted by Gasteiger charge is -2.27. The van der Waals surface area contributed by atoms with E-state index in [0.717, 1.165) is 49.5 Å². The van der Waals surface area contributed by atoms with E-state index in [1.54, 1.807) is 0 Å². The molecule has 0 spiro atoms. The average molecular weight is 429 g/mol. The first kappa shape index (κ1) is 21.0. The van der Waals surface area contributed by atoms with Crippen LogP contribution in [0.5, 0.6) is 0 Å². The average Bonchev–Trinajstić information content (AvgIpc) is 3.59. The maximum absolute atomic E-state index is 13.3. The number of para-hydroxylation sites is 1. The molecule has 1 aliphatic carbocycles. The number of likely N-dealkylation sites (N-methyl/N-ethyl adjacent to an activating group) is 1. The number of carbonyl (C=O) groups excluding carboxylic acids is 1. The molecule has 5 heteroatoms. The number of benzene rings is 2. The van der Waals surface area contributed by atoms with Gasteiger partial charge in [-0.3, -0.25) is 9.69 Å². The lowest BCUT2D eigenvalue weighted by Crippen LogP contribution is -2.35. The van der Waals surface area contributed by atoms with Gasteiger partial charge in [0.05, 0.1) is 30.0 Å². The van der Waals surface area contributed by atoms with E-state index in [1.807, 2.05) is 36.4 Å². The second-order valence-electron chi connectivity index (χ2n) is 9.12. The first-order valence-electron chi connectivity index (χ1n) is 11.9. The minimum absolute atomic E-state index is 0.203. The maximum Gasteiger partial charge on any atom is 0.227 e. The zero-order chi connectivity index (χ0) is 21.9. The van der Waals surface area contributed by atoms with Crippen molar-refractivity contribution in [2.45, 2.75) is 45.7 Å². The zero-order valence-electron chi connectivity index (χ0n) is 18.9. The van der Waals surface area contributed by atoms with Gasteiger partial charge in [-0.05, 0) is 43.0 Å². The third-order valence-corrected chi connectivity index (χ3v) is 6.73. The molecule has 5 rings (SSSR count). The van der Waals surface area contributed by atoms with Gasteiger partial charge in [0.15, 0.2) is 0 Å². The molecule has 0 atom stereocenters. The molecule has 0 bridgehead atoms. The summed E-state index contributed by atoms with van der Waals surface area (Å²) < 4.78 is 2.12. The number of nitrogens with zero attached hydrogens (tertiary/aromatic N) is 4. The van der Waals surface area contributed by atoms with E-state index < -0.39 is 0 Å². The Kier molecular flexibility index (Phi) is 6.08. The summed E-state index contributed by atoms with van der Waals surface area (Å²) in [4.78, 5) is 17.9. The van der Waals surface area contributed by atoms with Crippen molar-refractivity contribution in [1.82, 2.24) is 19.6 Å². The van der Waals surface area contributed by atoms with E-state index in [2.05, 4.69) is 45.7 Å². The summed E-state index contributed by atoms with van der Waals surface area (Å²) in [5.41, 5.74) is 5.86. The van der Waals surface area contributed by atoms with Gasteiger partial charge in [-0.1, -0.05) is 55.5 Å². The van der Waals surface area contributed by atoms with Crippen LogP contribution in [0.4, 0.5) is 0 Å². The van der Waals surface area contributed by atoms with E-state index in [9.17, 15) is 4.79 Å². The first-order valence-corrected chi connectivity index (χ1v) is 11.9. The third kappa shape index (κ3) is 4.63. The van der Waals surface area contributed by atoms with Gasteiger partial charge in [0.1, 0.15) is 0 Å². The Labute approximate surface area is 190 Å². The summed E-state index contributed by atoms with van der Waals surface area (Å²) in [5, 5.41) is 5.08. The smallest absolute Gasteiger partial charge is 0.227 e. The van der Waals surface area contributed by atoms with Crippen molar-refractivity contribution in [2.24, 2.45) is 5.92 Å². The second-order valence-corrected chi connectivity index (χ2v) is 9.12. The Bertz CT molecular complexity index is 1060. The first-order chi connectivity index (χ1) is 15.7. The van der Waals surface area contributed by atoms with Crippen molar-refractivity contribution in [2.75, 3.05) is 19.6 Å². The molecule has 1 fully saturated rings. The fraction of sp³-hybridized carbons (Fsp3) is 0.407. The standard InChI is InChI=1S/C27H32N4O/c1-2-29-16-15-26-24(19-29)25(28-31(26)23-11-7-4-8-12-23)20-30(18-22-13-14-22)27(32)17-21-9-5-3-6-10-21/h3-12,22H,2,13-20H2,1H3. The predicted octanol–water partition coefficient (Wildman–Crippen LogP) is 4.23. The van der Waals surface area contributed by atoms with Gasteiger partial charge in [-0.15, -0.1) is 0 Å². The van der Waals surface area contributed by atoms with Crippen molar-refractivity contribution >= 4 is 5.91 Å². The molecule has 2 heterocycles. The van der Waals surface area contributed by atoms with Gasteiger partial charge in [0.25, 0.3) is 0 Å². The van der Waals surface area contributed by atoms with Gasteiger partial charge in [-0.2, -0.15) is 5.10 Å². The summed E-state index contributed by atoms with van der Waals surface area (Å²) in [6.45, 7) is 6.67. The molecule has 0 radical (unpaired) electrons. The number of aromatic nitrogens is 2. The van der Waals surface area contributed by atoms with E-state index in [0.29, 0.717) is 18.9 Å². The Morgan fingerprint density at radius 2 is 1.78 bits per heavy atom. The van der Waals surface area contributed by atoms with E-state index >= 15 is 0 Å². The Hall–Kier alpha value is -2.92. The highest BCUT2D eigenvalue weighted by Crippen LogP contribution is 2.32. The van der Waals surface area contributed by atoms with Crippen molar-refractivity contribution in [3.63, 3.8) is 0 Å². The minimum Gasteiger partial charge on any atom is -0.336 e. The summed E-state index contributed by atoms with van der Waals surface area (Å²) in [6, 6.07) is 20.5. The SMILES string of the molecule is CCN1CCc2c(c(CN(CC3CC3)C(=O)Cc3ccccc3)nn2-c2ccccc2)C1. The number of carbonyl (C=O) groups is 1. The highest BCUT2D eigenvalue weighted by atomic mass is 16.2. The zero-order valence-corrected chi connectivity index (χ0v) is 18.9. The number of hydrogen-bond donors (Lipinski definition) is 0. The van der Waals surface area contributed by atoms with E-state index in [4.69, 9.17) is 5.10 Å². The van der Waals surface area contributed by atoms with Crippen LogP contribution in [0.2, 0.25) is 0 Å². The summed E-state index contributed by atoms with van der Waals surface area (Å²) in [5.74, 6) is 0.850. The molecular formula is C27H32N4O. The molecule has 166 valence electrons. The monoisotopic (exact) mass is 428 g/mol. The van der Waals surface area contributed by atoms with Crippen LogP contribution in [0.1, 0.15) is 42.3 Å². The maximum atomic E-state index is 13.3. The number of fused-ring (bicyclic) bond motifs is 1. The fourth-order valence-corrected chi connectivity index (χ4v) is 4.65. The topological polar surface area (TPSA) is 41.4 Å². The summed E-state index contributed by atoms with van der Waals surface area (Å²) in [6.07, 6.45) is 3.91. The fourth-order valence-electron chi connectivity index (χ4n) is 4.65. The molecule has 1 saturated carbocycles. The van der Waals surface area contributed by atoms with Crippen LogP contribution in [0.3, 0.4) is 0 Å². The molecule has 2 aromatic carbocycles. The van der Waals surface area contributed by atoms with Gasteiger partial charge < -0.3 is 4.90 Å². The van der Waals surface area contributed by atoms with E-state index in [1.165, 1.54) is 24.1 Å². The molecule has 32 heavy (non-hydrogen) atoms. The predicted molar refractivity (Wildman–Crippen MR) is 127 cm³/mol. The van der Waals surface area contributed by atoms with Crippen LogP contribution in [0.25, 0.3) is 5.69 Å². The molecule has 0 saturated heterocycles. The quantitative estimate of drug-likeness (QED) is 0.539. The number of hydrogen-bond acceptors (Lipinski definition) is 3. The van der Waals surface area contributed by atoms with Gasteiger partial charge in [-0.25, -0.2) is 4.68 Å². The van der Waals surface area contributed by atoms with Crippen LogP contribution in [-0.4, -0.2) is 45.1 Å². The van der Waals surface area contributed by atoms with Crippen molar-refractivity contribution in [3.8, 4) is 5.69 Å². The minimum atomic E-state index is 0.203. The van der Waals surface area contributed by atoms with Crippen LogP contribution in [-0.2, 0) is 30.7 Å². The molecule has 3 aromatic rings. The van der Waals surface area contributed by atoms with Crippen molar-refractivity contribution in [1.29, 1.82) is 0 Å². The van der Waals surface area contributed by atoms with Gasteiger partial charge >= 0.3 is 0 Å². The molecular weight excluding hydrogens is 396 g/mol. The van der Waals surface area contributed by atoms with E-state index in [-0.39, 0.29) is 5.91 Å². The normalized spacial score (nSPS) is 16.0. The molecule has 2 aliphatic rings. The summed E-state index contributed by atoms with van der Waals surface area (Å²) in [7, 11) is 0. The largest absolute Gasteiger partial charge is 0.336 e. The van der Waals surface area contributed by atoms with Gasteiger partial charge in [0.2, 0.25) is 5.91 Å². The van der Waals surface area contributed by atoms with Crippen LogP contribution in [0.15, 0.2) is 60.7 Å². The Balaban J connectivity index is 1.45.